The first-order valence-corrected chi connectivity index (χ1v) is 24.8. The Kier molecular flexibility index (Phi) is 41.4. The van der Waals surface area contributed by atoms with Crippen LogP contribution >= 0.6 is 7.82 Å². The van der Waals surface area contributed by atoms with E-state index < -0.39 is 58.4 Å². The number of carbonyl (C=O) groups excluding carboxylic acids is 2. The quantitative estimate of drug-likeness (QED) is 0.0234. The molecule has 3 unspecified atom stereocenters. The van der Waals surface area contributed by atoms with Crippen molar-refractivity contribution in [2.45, 2.75) is 232 Å². The molecule has 0 saturated carbocycles. The third-order valence-electron chi connectivity index (χ3n) is 10.2. The highest BCUT2D eigenvalue weighted by atomic mass is 31.2. The highest BCUT2D eigenvalue weighted by molar-refractivity contribution is 7.47. The van der Waals surface area contributed by atoms with Gasteiger partial charge in [0, 0.05) is 12.8 Å². The highest BCUT2D eigenvalue weighted by Gasteiger charge is 2.27. The maximum absolute atomic E-state index is 12.4. The van der Waals surface area contributed by atoms with Crippen molar-refractivity contribution in [3.05, 3.63) is 24.3 Å². The van der Waals surface area contributed by atoms with Gasteiger partial charge in [-0.15, -0.1) is 0 Å². The normalized spacial score (nSPS) is 14.0. The summed E-state index contributed by atoms with van der Waals surface area (Å²) >= 11 is 0. The lowest BCUT2D eigenvalue weighted by molar-refractivity contribution is -0.153. The second kappa shape index (κ2) is 42.6. The topological polar surface area (TPSA) is 149 Å². The molecule has 0 spiro atoms. The first kappa shape index (κ1) is 55.5. The van der Waals surface area contributed by atoms with Crippen molar-refractivity contribution in [1.29, 1.82) is 0 Å². The van der Waals surface area contributed by atoms with E-state index in [1.807, 2.05) is 0 Å². The number of phosphoric acid groups is 1. The molecular formula is C46H87O10P. The molecule has 0 heterocycles. The summed E-state index contributed by atoms with van der Waals surface area (Å²) in [5, 5.41) is 19.2. The number of carbonyl (C=O) groups is 2. The standard InChI is InChI=1S/C46H87O10P/c1-3-5-7-9-11-13-15-17-19-20-21-22-24-26-28-30-32-34-36-38-46(50)56-44(40-48)42-54-57(51,52)53-41-43(39-47)55-45(49)37-35-33-31-29-27-25-23-18-16-14-12-10-8-6-4-2/h12,14,18,23,43-44,47-48H,3-11,13,15-17,19-22,24-42H2,1-2H3,(H,51,52)/b14-12-,23-18-. The molecule has 0 saturated heterocycles. The summed E-state index contributed by atoms with van der Waals surface area (Å²) in [5.74, 6) is -1.02. The predicted molar refractivity (Wildman–Crippen MR) is 233 cm³/mol. The summed E-state index contributed by atoms with van der Waals surface area (Å²) < 4.78 is 32.6. The van der Waals surface area contributed by atoms with Gasteiger partial charge in [-0.2, -0.15) is 0 Å². The van der Waals surface area contributed by atoms with Crippen LogP contribution in [0.2, 0.25) is 0 Å². The smallest absolute Gasteiger partial charge is 0.457 e. The van der Waals surface area contributed by atoms with Crippen molar-refractivity contribution in [3.8, 4) is 0 Å². The lowest BCUT2D eigenvalue weighted by atomic mass is 10.0. The van der Waals surface area contributed by atoms with Crippen LogP contribution in [-0.2, 0) is 32.7 Å². The predicted octanol–water partition coefficient (Wildman–Crippen LogP) is 12.6. The zero-order valence-corrected chi connectivity index (χ0v) is 37.5. The minimum atomic E-state index is -4.64. The van der Waals surface area contributed by atoms with E-state index in [0.717, 1.165) is 64.2 Å². The first-order valence-electron chi connectivity index (χ1n) is 23.3. The maximum atomic E-state index is 12.4. The van der Waals surface area contributed by atoms with E-state index in [4.69, 9.17) is 18.5 Å². The summed E-state index contributed by atoms with van der Waals surface area (Å²) in [6, 6.07) is 0. The first-order chi connectivity index (χ1) is 27.8. The number of hydrogen-bond donors (Lipinski definition) is 3. The molecule has 0 radical (unpaired) electrons. The van der Waals surface area contributed by atoms with Gasteiger partial charge in [-0.25, -0.2) is 4.57 Å². The van der Waals surface area contributed by atoms with Crippen LogP contribution in [0, 0.1) is 0 Å². The van der Waals surface area contributed by atoms with E-state index in [1.165, 1.54) is 116 Å². The fourth-order valence-electron chi connectivity index (χ4n) is 6.56. The monoisotopic (exact) mass is 831 g/mol. The number of aliphatic hydroxyl groups is 2. The molecule has 0 aromatic carbocycles. The fourth-order valence-corrected chi connectivity index (χ4v) is 7.34. The second-order valence-corrected chi connectivity index (χ2v) is 17.2. The molecule has 0 aliphatic heterocycles. The Labute approximate surface area is 348 Å². The van der Waals surface area contributed by atoms with Gasteiger partial charge in [-0.3, -0.25) is 18.6 Å². The Morgan fingerprint density at radius 1 is 0.474 bits per heavy atom. The van der Waals surface area contributed by atoms with Gasteiger partial charge in [0.1, 0.15) is 12.2 Å². The van der Waals surface area contributed by atoms with Crippen LogP contribution < -0.4 is 0 Å². The van der Waals surface area contributed by atoms with Gasteiger partial charge in [0.25, 0.3) is 0 Å². The van der Waals surface area contributed by atoms with E-state index in [9.17, 15) is 29.3 Å². The molecule has 11 heteroatoms. The van der Waals surface area contributed by atoms with Gasteiger partial charge in [0.2, 0.25) is 0 Å². The van der Waals surface area contributed by atoms with Crippen LogP contribution in [0.4, 0.5) is 0 Å². The molecule has 0 aliphatic rings. The minimum Gasteiger partial charge on any atom is -0.457 e. The number of rotatable bonds is 44. The van der Waals surface area contributed by atoms with Crippen molar-refractivity contribution in [3.63, 3.8) is 0 Å². The molecule has 0 amide bonds. The van der Waals surface area contributed by atoms with Crippen LogP contribution in [-0.4, -0.2) is 65.7 Å². The third-order valence-corrected chi connectivity index (χ3v) is 11.1. The summed E-state index contributed by atoms with van der Waals surface area (Å²) in [5.41, 5.74) is 0. The fraction of sp³-hybridized carbons (Fsp3) is 0.870. The van der Waals surface area contributed by atoms with Crippen LogP contribution in [0.25, 0.3) is 0 Å². The molecule has 3 atom stereocenters. The number of ether oxygens (including phenoxy) is 2. The van der Waals surface area contributed by atoms with Crippen LogP contribution in [0.5, 0.6) is 0 Å². The van der Waals surface area contributed by atoms with Gasteiger partial charge in [-0.1, -0.05) is 186 Å². The number of allylic oxidation sites excluding steroid dienone is 4. The summed E-state index contributed by atoms with van der Waals surface area (Å²) in [4.78, 5) is 34.6. The Morgan fingerprint density at radius 2 is 0.772 bits per heavy atom. The van der Waals surface area contributed by atoms with Gasteiger partial charge in [-0.05, 0) is 44.9 Å². The lowest BCUT2D eigenvalue weighted by Gasteiger charge is -2.20. The summed E-state index contributed by atoms with van der Waals surface area (Å²) in [6.45, 7) is 2.20. The minimum absolute atomic E-state index is 0.178. The Bertz CT molecular complexity index is 1000. The average molecular weight is 831 g/mol. The van der Waals surface area contributed by atoms with Crippen molar-refractivity contribution < 1.29 is 47.8 Å². The molecule has 0 aromatic heterocycles. The molecular weight excluding hydrogens is 743 g/mol. The summed E-state index contributed by atoms with van der Waals surface area (Å²) in [7, 11) is -4.64. The number of esters is 2. The van der Waals surface area contributed by atoms with E-state index in [2.05, 4.69) is 38.2 Å². The molecule has 57 heavy (non-hydrogen) atoms. The zero-order chi connectivity index (χ0) is 41.9. The molecule has 336 valence electrons. The summed E-state index contributed by atoms with van der Waals surface area (Å²) in [6.07, 6.45) is 42.9. The van der Waals surface area contributed by atoms with Crippen molar-refractivity contribution >= 4 is 19.8 Å². The molecule has 3 N–H and O–H groups in total. The van der Waals surface area contributed by atoms with Crippen molar-refractivity contribution in [2.24, 2.45) is 0 Å². The number of aliphatic hydroxyl groups excluding tert-OH is 2. The maximum Gasteiger partial charge on any atom is 0.472 e. The Hall–Kier alpha value is -1.55. The van der Waals surface area contributed by atoms with Gasteiger partial charge in [0.15, 0.2) is 0 Å². The van der Waals surface area contributed by atoms with E-state index in [-0.39, 0.29) is 12.8 Å². The van der Waals surface area contributed by atoms with Crippen molar-refractivity contribution in [1.82, 2.24) is 0 Å². The Balaban J connectivity index is 3.87. The third kappa shape index (κ3) is 41.0. The van der Waals surface area contributed by atoms with E-state index >= 15 is 0 Å². The molecule has 0 aromatic rings. The number of unbranched alkanes of at least 4 members (excludes halogenated alkanes) is 26. The molecule has 0 aliphatic carbocycles. The Morgan fingerprint density at radius 3 is 1.12 bits per heavy atom. The average Bonchev–Trinajstić information content (AvgIpc) is 3.20. The van der Waals surface area contributed by atoms with Crippen molar-refractivity contribution in [2.75, 3.05) is 26.4 Å². The number of hydrogen-bond acceptors (Lipinski definition) is 9. The second-order valence-electron chi connectivity index (χ2n) is 15.7. The highest BCUT2D eigenvalue weighted by Crippen LogP contribution is 2.43. The van der Waals surface area contributed by atoms with Crippen LogP contribution in [0.15, 0.2) is 24.3 Å². The van der Waals surface area contributed by atoms with E-state index in [0.29, 0.717) is 12.8 Å². The van der Waals surface area contributed by atoms with Gasteiger partial charge < -0.3 is 24.6 Å². The van der Waals surface area contributed by atoms with Gasteiger partial charge in [0.05, 0.1) is 26.4 Å². The molecule has 0 fully saturated rings. The van der Waals surface area contributed by atoms with Crippen LogP contribution in [0.3, 0.4) is 0 Å². The molecule has 0 bridgehead atoms. The lowest BCUT2D eigenvalue weighted by Crippen LogP contribution is -2.28. The van der Waals surface area contributed by atoms with Crippen LogP contribution in [0.1, 0.15) is 219 Å². The van der Waals surface area contributed by atoms with E-state index in [1.54, 1.807) is 0 Å². The number of phosphoric ester groups is 1. The van der Waals surface area contributed by atoms with Gasteiger partial charge >= 0.3 is 19.8 Å². The zero-order valence-electron chi connectivity index (χ0n) is 36.6. The SMILES string of the molecule is CCCCC/C=C\C/C=C\CCCCCCCC(=O)OC(CO)COP(=O)(O)OCC(CO)OC(=O)CCCCCCCCCCCCCCCCCCCCC. The molecule has 0 rings (SSSR count). The molecule has 10 nitrogen and oxygen atoms in total. The largest absolute Gasteiger partial charge is 0.472 e.